The van der Waals surface area contributed by atoms with Crippen molar-refractivity contribution >= 4 is 17.5 Å². The molecular weight excluding hydrogens is 637 g/mol. The van der Waals surface area contributed by atoms with E-state index < -0.39 is 11.4 Å². The van der Waals surface area contributed by atoms with Crippen molar-refractivity contribution in [2.45, 2.75) is 119 Å². The second kappa shape index (κ2) is 16.5. The molecule has 1 saturated heterocycles. The van der Waals surface area contributed by atoms with Crippen LogP contribution in [-0.4, -0.2) is 88.8 Å². The SMILES string of the molecule is C=CCO[C@@]12Oc3ccc(OCCN4CC4)cc3[C@H]3[C@H](CCCCO)[C@@H](CCCCO)C=C(C(=NOC(C)(C)C)C[C@@H]1SC1CCCC1)[C@H]32. The highest BCUT2D eigenvalue weighted by Gasteiger charge is 2.64. The highest BCUT2D eigenvalue weighted by Crippen LogP contribution is 2.63. The molecular formula is C40H60N2O6S. The van der Waals surface area contributed by atoms with Gasteiger partial charge in [0.25, 0.3) is 0 Å². The number of rotatable bonds is 18. The van der Waals surface area contributed by atoms with Gasteiger partial charge in [-0.05, 0) is 94.9 Å². The highest BCUT2D eigenvalue weighted by atomic mass is 32.2. The third kappa shape index (κ3) is 8.71. The van der Waals surface area contributed by atoms with Crippen LogP contribution >= 0.6 is 11.8 Å². The largest absolute Gasteiger partial charge is 0.492 e. The number of thioether (sulfide) groups is 1. The number of hydrogen-bond donors (Lipinski definition) is 2. The van der Waals surface area contributed by atoms with Crippen LogP contribution in [0.2, 0.25) is 0 Å². The fraction of sp³-hybridized carbons (Fsp3) is 0.725. The number of aliphatic hydroxyl groups is 2. The van der Waals surface area contributed by atoms with Gasteiger partial charge in [0.1, 0.15) is 23.7 Å². The zero-order chi connectivity index (χ0) is 34.4. The molecule has 2 N–H and O–H groups in total. The van der Waals surface area contributed by atoms with E-state index in [0.717, 1.165) is 75.4 Å². The number of fused-ring (bicyclic) bond motifs is 2. The fourth-order valence-corrected chi connectivity index (χ4v) is 10.3. The van der Waals surface area contributed by atoms with Crippen molar-refractivity contribution in [2.24, 2.45) is 22.9 Å². The van der Waals surface area contributed by atoms with Gasteiger partial charge in [-0.1, -0.05) is 43.0 Å². The normalized spacial score (nSPS) is 30.3. The van der Waals surface area contributed by atoms with E-state index in [9.17, 15) is 10.2 Å². The summed E-state index contributed by atoms with van der Waals surface area (Å²) in [5.74, 6) is 1.41. The van der Waals surface area contributed by atoms with E-state index in [-0.39, 0.29) is 36.2 Å². The summed E-state index contributed by atoms with van der Waals surface area (Å²) in [7, 11) is 0. The van der Waals surface area contributed by atoms with Crippen molar-refractivity contribution in [1.82, 2.24) is 4.90 Å². The average molecular weight is 697 g/mol. The van der Waals surface area contributed by atoms with Crippen LogP contribution in [0.15, 0.2) is 47.7 Å². The van der Waals surface area contributed by atoms with Gasteiger partial charge in [0.05, 0.1) is 23.5 Å². The number of ether oxygens (including phenoxy) is 3. The second-order valence-electron chi connectivity index (χ2n) is 15.7. The van der Waals surface area contributed by atoms with Crippen LogP contribution in [0.5, 0.6) is 11.5 Å². The summed E-state index contributed by atoms with van der Waals surface area (Å²) in [4.78, 5) is 8.60. The van der Waals surface area contributed by atoms with Gasteiger partial charge in [-0.15, -0.1) is 18.3 Å². The Morgan fingerprint density at radius 3 is 2.53 bits per heavy atom. The number of allylic oxidation sites excluding steroid dienone is 1. The van der Waals surface area contributed by atoms with Gasteiger partial charge in [0.15, 0.2) is 0 Å². The van der Waals surface area contributed by atoms with Crippen molar-refractivity contribution in [3.05, 3.63) is 48.1 Å². The summed E-state index contributed by atoms with van der Waals surface area (Å²) in [5, 5.41) is 25.1. The molecule has 6 rings (SSSR count). The maximum atomic E-state index is 9.85. The first-order valence-corrected chi connectivity index (χ1v) is 20.0. The lowest BCUT2D eigenvalue weighted by Gasteiger charge is -2.58. The molecule has 0 amide bonds. The van der Waals surface area contributed by atoms with E-state index in [0.29, 0.717) is 30.8 Å². The molecule has 5 aliphatic rings. The Morgan fingerprint density at radius 1 is 1.08 bits per heavy atom. The van der Waals surface area contributed by atoms with Gasteiger partial charge in [-0.25, -0.2) is 0 Å². The van der Waals surface area contributed by atoms with Gasteiger partial charge in [-0.2, -0.15) is 0 Å². The van der Waals surface area contributed by atoms with Crippen molar-refractivity contribution < 1.29 is 29.3 Å². The van der Waals surface area contributed by atoms with Gasteiger partial charge in [0, 0.05) is 56.0 Å². The molecule has 2 aliphatic heterocycles. The molecule has 1 aromatic rings. The summed E-state index contributed by atoms with van der Waals surface area (Å²) >= 11 is 2.04. The smallest absolute Gasteiger partial charge is 0.230 e. The van der Waals surface area contributed by atoms with Crippen LogP contribution in [0.1, 0.15) is 103 Å². The molecule has 0 aromatic heterocycles. The van der Waals surface area contributed by atoms with Crippen molar-refractivity contribution in [3.8, 4) is 11.5 Å². The van der Waals surface area contributed by atoms with E-state index in [1.807, 2.05) is 17.8 Å². The average Bonchev–Trinajstić information content (AvgIpc) is 3.76. The van der Waals surface area contributed by atoms with Gasteiger partial charge in [-0.3, -0.25) is 4.90 Å². The number of unbranched alkanes of at least 4 members (excludes halogenated alkanes) is 2. The van der Waals surface area contributed by atoms with Crippen LogP contribution in [0, 0.1) is 17.8 Å². The van der Waals surface area contributed by atoms with E-state index in [1.165, 1.54) is 36.8 Å². The minimum absolute atomic E-state index is 0.0169. The van der Waals surface area contributed by atoms with Crippen molar-refractivity contribution in [3.63, 3.8) is 0 Å². The summed E-state index contributed by atoms with van der Waals surface area (Å²) in [6, 6.07) is 6.42. The third-order valence-corrected chi connectivity index (χ3v) is 12.6. The van der Waals surface area contributed by atoms with Gasteiger partial charge < -0.3 is 29.3 Å². The fourth-order valence-electron chi connectivity index (χ4n) is 8.57. The van der Waals surface area contributed by atoms with E-state index >= 15 is 0 Å². The first-order valence-electron chi connectivity index (χ1n) is 19.0. The third-order valence-electron chi connectivity index (χ3n) is 10.9. The monoisotopic (exact) mass is 696 g/mol. The number of benzene rings is 1. The van der Waals surface area contributed by atoms with Crippen molar-refractivity contribution in [2.75, 3.05) is 46.1 Å². The molecule has 0 radical (unpaired) electrons. The predicted octanol–water partition coefficient (Wildman–Crippen LogP) is 7.49. The number of nitrogens with zero attached hydrogens (tertiary/aromatic N) is 2. The van der Waals surface area contributed by atoms with E-state index in [4.69, 9.17) is 24.2 Å². The second-order valence-corrected chi connectivity index (χ2v) is 17.2. The minimum Gasteiger partial charge on any atom is -0.492 e. The molecule has 8 nitrogen and oxygen atoms in total. The lowest BCUT2D eigenvalue weighted by atomic mass is 9.56. The Kier molecular flexibility index (Phi) is 12.4. The van der Waals surface area contributed by atoms with Crippen molar-refractivity contribution in [1.29, 1.82) is 0 Å². The van der Waals surface area contributed by atoms with E-state index in [1.54, 1.807) is 0 Å². The molecule has 0 unspecified atom stereocenters. The Balaban J connectivity index is 1.50. The molecule has 2 saturated carbocycles. The lowest BCUT2D eigenvalue weighted by molar-refractivity contribution is -0.223. The molecule has 3 aliphatic carbocycles. The first-order chi connectivity index (χ1) is 23.8. The van der Waals surface area contributed by atoms with Crippen LogP contribution in [0.3, 0.4) is 0 Å². The lowest BCUT2D eigenvalue weighted by Crippen LogP contribution is -2.64. The maximum absolute atomic E-state index is 9.85. The topological polar surface area (TPSA) is 92.8 Å². The first kappa shape index (κ1) is 36.7. The van der Waals surface area contributed by atoms with Crippen LogP contribution in [0.4, 0.5) is 0 Å². The molecule has 0 spiro atoms. The Hall–Kier alpha value is -2.04. The maximum Gasteiger partial charge on any atom is 0.230 e. The zero-order valence-electron chi connectivity index (χ0n) is 30.1. The molecule has 6 atom stereocenters. The van der Waals surface area contributed by atoms with Crippen LogP contribution in [0.25, 0.3) is 0 Å². The quantitative estimate of drug-likeness (QED) is 0.0707. The molecule has 49 heavy (non-hydrogen) atoms. The molecule has 3 fully saturated rings. The Bertz CT molecular complexity index is 1320. The van der Waals surface area contributed by atoms with Crippen LogP contribution in [-0.2, 0) is 9.57 Å². The Morgan fingerprint density at radius 2 is 1.84 bits per heavy atom. The summed E-state index contributed by atoms with van der Waals surface area (Å²) in [5.41, 5.74) is 2.96. The number of hydrogen-bond acceptors (Lipinski definition) is 9. The summed E-state index contributed by atoms with van der Waals surface area (Å²) < 4.78 is 20.8. The predicted molar refractivity (Wildman–Crippen MR) is 198 cm³/mol. The van der Waals surface area contributed by atoms with E-state index in [2.05, 4.69) is 56.5 Å². The van der Waals surface area contributed by atoms with Gasteiger partial charge >= 0.3 is 0 Å². The van der Waals surface area contributed by atoms with Gasteiger partial charge in [0.2, 0.25) is 5.79 Å². The standard InChI is InChI=1S/C40H60N2O6S/c1-5-23-46-40-36(49-30-13-6-7-14-30)27-34(41-48-39(2,3)4)32-25-28(12-8-10-21-43)31(15-9-11-22-44)37(38(32)40)33-26-29(16-17-35(33)47-40)45-24-20-42-18-19-42/h5,16-17,25-26,28,30-31,36-38,43-44H,1,6-15,18-24,27H2,2-4H3/t28-,31+,36-,37+,38+,40+/m0/s1. The molecule has 9 heteroatoms. The number of aliphatic hydroxyl groups excluding tert-OH is 2. The zero-order valence-corrected chi connectivity index (χ0v) is 30.9. The molecule has 0 bridgehead atoms. The molecule has 272 valence electrons. The molecule has 1 aromatic carbocycles. The van der Waals surface area contributed by atoms with Crippen LogP contribution < -0.4 is 9.47 Å². The number of oxime groups is 1. The highest BCUT2D eigenvalue weighted by molar-refractivity contribution is 8.00. The Labute approximate surface area is 298 Å². The molecule has 2 heterocycles. The summed E-state index contributed by atoms with van der Waals surface area (Å²) in [6.07, 6.45) is 15.4. The summed E-state index contributed by atoms with van der Waals surface area (Å²) in [6.45, 7) is 14.9. The minimum atomic E-state index is -0.904.